The first-order chi connectivity index (χ1) is 14.3. The van der Waals surface area contributed by atoms with E-state index in [2.05, 4.69) is 20.9 Å². The molecule has 1 atom stereocenters. The molecule has 2 rings (SSSR count). The zero-order chi connectivity index (χ0) is 21.9. The minimum absolute atomic E-state index is 0.0779. The quantitative estimate of drug-likeness (QED) is 0.519. The summed E-state index contributed by atoms with van der Waals surface area (Å²) in [6.07, 6.45) is 0.943. The van der Waals surface area contributed by atoms with Crippen LogP contribution in [0.4, 0.5) is 16.2 Å². The lowest BCUT2D eigenvalue weighted by Gasteiger charge is -2.22. The molecule has 0 aliphatic rings. The fraction of sp³-hybridized carbons (Fsp3) is 0.391. The van der Waals surface area contributed by atoms with Crippen molar-refractivity contribution in [1.29, 1.82) is 0 Å². The van der Waals surface area contributed by atoms with Crippen LogP contribution in [0.2, 0.25) is 0 Å². The summed E-state index contributed by atoms with van der Waals surface area (Å²) in [6, 6.07) is 15.2. The Morgan fingerprint density at radius 1 is 0.933 bits per heavy atom. The zero-order valence-corrected chi connectivity index (χ0v) is 18.1. The van der Waals surface area contributed by atoms with Crippen LogP contribution in [0, 0.1) is 5.92 Å². The molecule has 3 N–H and O–H groups in total. The number of amides is 3. The Morgan fingerprint density at radius 2 is 1.57 bits per heavy atom. The molecule has 0 heterocycles. The number of carbonyl (C=O) groups is 2. The summed E-state index contributed by atoms with van der Waals surface area (Å²) in [7, 11) is 4.06. The van der Waals surface area contributed by atoms with Crippen molar-refractivity contribution >= 4 is 23.3 Å². The van der Waals surface area contributed by atoms with Crippen LogP contribution in [-0.4, -0.2) is 50.1 Å². The van der Waals surface area contributed by atoms with Crippen LogP contribution in [0.1, 0.15) is 20.3 Å². The van der Waals surface area contributed by atoms with Crippen molar-refractivity contribution in [3.8, 4) is 5.75 Å². The van der Waals surface area contributed by atoms with Gasteiger partial charge in [-0.2, -0.15) is 0 Å². The van der Waals surface area contributed by atoms with Crippen molar-refractivity contribution in [1.82, 2.24) is 10.2 Å². The average molecular weight is 413 g/mol. The molecule has 1 unspecified atom stereocenters. The number of para-hydroxylation sites is 1. The Balaban J connectivity index is 1.87. The number of ether oxygens (including phenoxy) is 1. The number of anilines is 2. The lowest BCUT2D eigenvalue weighted by Crippen LogP contribution is -2.48. The van der Waals surface area contributed by atoms with Gasteiger partial charge in [-0.25, -0.2) is 4.79 Å². The minimum Gasteiger partial charge on any atom is -0.494 e. The maximum absolute atomic E-state index is 12.7. The molecule has 7 heteroatoms. The lowest BCUT2D eigenvalue weighted by atomic mass is 10.0. The van der Waals surface area contributed by atoms with Gasteiger partial charge in [0, 0.05) is 17.9 Å². The molecule has 0 fully saturated rings. The van der Waals surface area contributed by atoms with E-state index in [-0.39, 0.29) is 11.8 Å². The Kier molecular flexibility index (Phi) is 9.15. The Bertz CT molecular complexity index is 792. The van der Waals surface area contributed by atoms with E-state index in [1.54, 1.807) is 24.3 Å². The molecule has 7 nitrogen and oxygen atoms in total. The van der Waals surface area contributed by atoms with Gasteiger partial charge < -0.3 is 25.6 Å². The van der Waals surface area contributed by atoms with Crippen LogP contribution in [0.15, 0.2) is 54.6 Å². The predicted molar refractivity (Wildman–Crippen MR) is 121 cm³/mol. The van der Waals surface area contributed by atoms with Crippen LogP contribution in [0.25, 0.3) is 0 Å². The highest BCUT2D eigenvalue weighted by Crippen LogP contribution is 2.17. The van der Waals surface area contributed by atoms with E-state index < -0.39 is 12.1 Å². The van der Waals surface area contributed by atoms with Gasteiger partial charge in [-0.1, -0.05) is 32.0 Å². The minimum atomic E-state index is -0.671. The Morgan fingerprint density at radius 3 is 2.17 bits per heavy atom. The van der Waals surface area contributed by atoms with Crippen molar-refractivity contribution in [3.63, 3.8) is 0 Å². The van der Waals surface area contributed by atoms with Crippen LogP contribution in [0.3, 0.4) is 0 Å². The molecule has 0 saturated heterocycles. The van der Waals surface area contributed by atoms with Crippen molar-refractivity contribution in [2.24, 2.45) is 5.92 Å². The number of hydrogen-bond donors (Lipinski definition) is 3. The maximum atomic E-state index is 12.7. The first-order valence-electron chi connectivity index (χ1n) is 10.2. The maximum Gasteiger partial charge on any atom is 0.319 e. The lowest BCUT2D eigenvalue weighted by molar-refractivity contribution is -0.118. The molecular weight excluding hydrogens is 380 g/mol. The van der Waals surface area contributed by atoms with Gasteiger partial charge in [0.1, 0.15) is 11.8 Å². The molecule has 0 radical (unpaired) electrons. The molecule has 0 spiro atoms. The summed E-state index contributed by atoms with van der Waals surface area (Å²) in [5, 5.41) is 8.34. The molecular formula is C23H32N4O3. The first-order valence-corrected chi connectivity index (χ1v) is 10.2. The van der Waals surface area contributed by atoms with E-state index in [1.807, 2.05) is 58.3 Å². The van der Waals surface area contributed by atoms with Crippen LogP contribution in [0.5, 0.6) is 5.75 Å². The van der Waals surface area contributed by atoms with Gasteiger partial charge in [0.05, 0.1) is 6.61 Å². The second-order valence-electron chi connectivity index (χ2n) is 7.71. The highest BCUT2D eigenvalue weighted by Gasteiger charge is 2.24. The second-order valence-corrected chi connectivity index (χ2v) is 7.71. The third kappa shape index (κ3) is 8.13. The highest BCUT2D eigenvalue weighted by molar-refractivity contribution is 5.99. The summed E-state index contributed by atoms with van der Waals surface area (Å²) < 4.78 is 5.71. The molecule has 0 aliphatic carbocycles. The van der Waals surface area contributed by atoms with E-state index in [4.69, 9.17) is 4.74 Å². The van der Waals surface area contributed by atoms with Crippen LogP contribution >= 0.6 is 0 Å². The normalized spacial score (nSPS) is 11.8. The Labute approximate surface area is 178 Å². The number of urea groups is 1. The number of rotatable bonds is 10. The fourth-order valence-electron chi connectivity index (χ4n) is 2.79. The second kappa shape index (κ2) is 11.8. The number of carbonyl (C=O) groups excluding carboxylic acids is 2. The van der Waals surface area contributed by atoms with Gasteiger partial charge in [-0.15, -0.1) is 0 Å². The van der Waals surface area contributed by atoms with E-state index in [9.17, 15) is 9.59 Å². The molecule has 2 aromatic rings. The van der Waals surface area contributed by atoms with E-state index >= 15 is 0 Å². The third-order valence-corrected chi connectivity index (χ3v) is 4.41. The van der Waals surface area contributed by atoms with Gasteiger partial charge in [0.25, 0.3) is 0 Å². The molecule has 0 aromatic heterocycles. The molecule has 162 valence electrons. The van der Waals surface area contributed by atoms with Gasteiger partial charge in [-0.05, 0) is 62.8 Å². The summed E-state index contributed by atoms with van der Waals surface area (Å²) >= 11 is 0. The summed E-state index contributed by atoms with van der Waals surface area (Å²) in [5.74, 6) is 0.409. The van der Waals surface area contributed by atoms with Gasteiger partial charge in [0.15, 0.2) is 0 Å². The SMILES string of the molecule is CC(C)C(NC(=O)Nc1ccccc1)C(=O)Nc1ccc(OCCCN(C)C)cc1. The van der Waals surface area contributed by atoms with Gasteiger partial charge in [0.2, 0.25) is 5.91 Å². The van der Waals surface area contributed by atoms with Gasteiger partial charge in [-0.3, -0.25) is 4.79 Å². The van der Waals surface area contributed by atoms with Gasteiger partial charge >= 0.3 is 6.03 Å². The van der Waals surface area contributed by atoms with Crippen molar-refractivity contribution in [3.05, 3.63) is 54.6 Å². The Hall–Kier alpha value is -3.06. The standard InChI is InChI=1S/C23H32N4O3/c1-17(2)21(26-23(29)25-18-9-6-5-7-10-18)22(28)24-19-11-13-20(14-12-19)30-16-8-15-27(3)4/h5-7,9-14,17,21H,8,15-16H2,1-4H3,(H,24,28)(H2,25,26,29). The number of hydrogen-bond acceptors (Lipinski definition) is 4. The summed E-state index contributed by atoms with van der Waals surface area (Å²) in [5.41, 5.74) is 1.32. The highest BCUT2D eigenvalue weighted by atomic mass is 16.5. The van der Waals surface area contributed by atoms with E-state index in [0.717, 1.165) is 18.7 Å². The van der Waals surface area contributed by atoms with Crippen molar-refractivity contribution < 1.29 is 14.3 Å². The smallest absolute Gasteiger partial charge is 0.319 e. The summed E-state index contributed by atoms with van der Waals surface area (Å²) in [6.45, 7) is 5.38. The largest absolute Gasteiger partial charge is 0.494 e. The fourth-order valence-corrected chi connectivity index (χ4v) is 2.79. The van der Waals surface area contributed by atoms with Crippen molar-refractivity contribution in [2.45, 2.75) is 26.3 Å². The number of nitrogens with one attached hydrogen (secondary N) is 3. The molecule has 0 saturated carbocycles. The van der Waals surface area contributed by atoms with Crippen LogP contribution in [-0.2, 0) is 4.79 Å². The summed E-state index contributed by atoms with van der Waals surface area (Å²) in [4.78, 5) is 27.1. The molecule has 2 aromatic carbocycles. The average Bonchev–Trinajstić information content (AvgIpc) is 2.71. The molecule has 0 aliphatic heterocycles. The van der Waals surface area contributed by atoms with Crippen molar-refractivity contribution in [2.75, 3.05) is 37.9 Å². The predicted octanol–water partition coefficient (Wildman–Crippen LogP) is 3.80. The van der Waals surface area contributed by atoms with Crippen LogP contribution < -0.4 is 20.7 Å². The zero-order valence-electron chi connectivity index (χ0n) is 18.1. The molecule has 3 amide bonds. The topological polar surface area (TPSA) is 82.7 Å². The van der Waals surface area contributed by atoms with E-state index in [1.165, 1.54) is 0 Å². The molecule has 0 bridgehead atoms. The number of benzene rings is 2. The third-order valence-electron chi connectivity index (χ3n) is 4.41. The number of nitrogens with zero attached hydrogens (tertiary/aromatic N) is 1. The van der Waals surface area contributed by atoms with E-state index in [0.29, 0.717) is 18.0 Å². The monoisotopic (exact) mass is 412 g/mol. The molecule has 30 heavy (non-hydrogen) atoms. The first kappa shape index (κ1) is 23.2.